The highest BCUT2D eigenvalue weighted by Crippen LogP contribution is 2.14. The molecule has 3 aromatic heterocycles. The Labute approximate surface area is 117 Å². The zero-order valence-corrected chi connectivity index (χ0v) is 10.7. The largest absolute Gasteiger partial charge is 0.368 e. The van der Waals surface area contributed by atoms with Crippen molar-refractivity contribution in [2.75, 3.05) is 5.73 Å². The van der Waals surface area contributed by atoms with E-state index in [2.05, 4.69) is 20.2 Å². The van der Waals surface area contributed by atoms with Crippen molar-refractivity contribution in [3.8, 4) is 5.69 Å². The molecule has 0 aliphatic heterocycles. The summed E-state index contributed by atoms with van der Waals surface area (Å²) in [5.41, 5.74) is 6.41. The molecule has 4 rings (SSSR count). The van der Waals surface area contributed by atoms with Crippen molar-refractivity contribution >= 4 is 22.8 Å². The van der Waals surface area contributed by atoms with Gasteiger partial charge in [-0.05, 0) is 12.1 Å². The predicted molar refractivity (Wildman–Crippen MR) is 76.1 cm³/mol. The number of anilines is 1. The van der Waals surface area contributed by atoms with Gasteiger partial charge in [-0.1, -0.05) is 18.2 Å². The minimum absolute atomic E-state index is 0.0920. The van der Waals surface area contributed by atoms with E-state index in [1.165, 1.54) is 17.1 Å². The maximum atomic E-state index is 12.7. The lowest BCUT2D eigenvalue weighted by atomic mass is 10.3. The number of nitrogens with two attached hydrogens (primary N) is 1. The fourth-order valence-electron chi connectivity index (χ4n) is 2.27. The van der Waals surface area contributed by atoms with E-state index in [0.717, 1.165) is 0 Å². The molecule has 8 nitrogen and oxygen atoms in total. The minimum atomic E-state index is -0.267. The van der Waals surface area contributed by atoms with E-state index in [9.17, 15) is 4.79 Å². The molecule has 0 amide bonds. The first-order valence-corrected chi connectivity index (χ1v) is 6.18. The van der Waals surface area contributed by atoms with Crippen molar-refractivity contribution in [3.05, 3.63) is 53.2 Å². The van der Waals surface area contributed by atoms with E-state index in [0.29, 0.717) is 22.5 Å². The molecule has 102 valence electrons. The summed E-state index contributed by atoms with van der Waals surface area (Å²) in [6.07, 6.45) is 2.90. The highest BCUT2D eigenvalue weighted by Gasteiger charge is 2.15. The molecule has 1 aromatic carbocycles. The maximum absolute atomic E-state index is 12.7. The Morgan fingerprint density at radius 2 is 1.95 bits per heavy atom. The standard InChI is InChI=1S/C13H9N7O/c14-12-15-6-9-10(17-12)19-7-16-18-13(19)20(11(9)21)8-4-2-1-3-5-8/h1-7H,(H2,14,15,17). The van der Waals surface area contributed by atoms with Crippen molar-refractivity contribution in [1.29, 1.82) is 0 Å². The third kappa shape index (κ3) is 1.59. The highest BCUT2D eigenvalue weighted by atomic mass is 16.1. The van der Waals surface area contributed by atoms with Gasteiger partial charge < -0.3 is 5.73 Å². The Bertz CT molecular complexity index is 1020. The van der Waals surface area contributed by atoms with Crippen LogP contribution in [0.1, 0.15) is 0 Å². The van der Waals surface area contributed by atoms with Crippen LogP contribution in [0.2, 0.25) is 0 Å². The SMILES string of the molecule is Nc1ncc2c(=O)n(-c3ccccc3)c3nncn3c2n1. The first-order chi connectivity index (χ1) is 10.3. The second-order valence-corrected chi connectivity index (χ2v) is 4.44. The summed E-state index contributed by atoms with van der Waals surface area (Å²) >= 11 is 0. The molecule has 8 heteroatoms. The van der Waals surface area contributed by atoms with Crippen molar-refractivity contribution in [1.82, 2.24) is 29.1 Å². The van der Waals surface area contributed by atoms with Crippen LogP contribution in [0.4, 0.5) is 5.95 Å². The lowest BCUT2D eigenvalue weighted by molar-refractivity contribution is 0.956. The molecule has 3 heterocycles. The van der Waals surface area contributed by atoms with Gasteiger partial charge in [-0.15, -0.1) is 10.2 Å². The monoisotopic (exact) mass is 279 g/mol. The Morgan fingerprint density at radius 1 is 1.14 bits per heavy atom. The van der Waals surface area contributed by atoms with Gasteiger partial charge in [0.25, 0.3) is 5.56 Å². The molecular formula is C13H9N7O. The van der Waals surface area contributed by atoms with E-state index in [-0.39, 0.29) is 11.5 Å². The number of nitrogen functional groups attached to an aromatic ring is 1. The Hall–Kier alpha value is -3.29. The van der Waals surface area contributed by atoms with Gasteiger partial charge in [0.15, 0.2) is 5.65 Å². The molecule has 0 saturated heterocycles. The normalized spacial score (nSPS) is 11.2. The zero-order valence-electron chi connectivity index (χ0n) is 10.7. The van der Waals surface area contributed by atoms with Crippen molar-refractivity contribution in [2.45, 2.75) is 0 Å². The van der Waals surface area contributed by atoms with Gasteiger partial charge in [-0.3, -0.25) is 4.79 Å². The summed E-state index contributed by atoms with van der Waals surface area (Å²) in [5, 5.41) is 8.22. The number of para-hydroxylation sites is 1. The summed E-state index contributed by atoms with van der Waals surface area (Å²) in [4.78, 5) is 20.7. The van der Waals surface area contributed by atoms with E-state index in [1.807, 2.05) is 30.3 Å². The smallest absolute Gasteiger partial charge is 0.270 e. The fraction of sp³-hybridized carbons (Fsp3) is 0. The van der Waals surface area contributed by atoms with Gasteiger partial charge in [-0.25, -0.2) is 14.0 Å². The molecule has 0 radical (unpaired) electrons. The van der Waals surface area contributed by atoms with Gasteiger partial charge >= 0.3 is 0 Å². The van der Waals surface area contributed by atoms with Gasteiger partial charge in [-0.2, -0.15) is 4.98 Å². The van der Waals surface area contributed by atoms with Crippen LogP contribution in [-0.4, -0.2) is 29.1 Å². The molecule has 0 aliphatic carbocycles. The average Bonchev–Trinajstić information content (AvgIpc) is 2.98. The second kappa shape index (κ2) is 4.10. The number of aromatic nitrogens is 6. The molecule has 4 aromatic rings. The zero-order chi connectivity index (χ0) is 14.4. The topological polar surface area (TPSA) is 104 Å². The molecule has 0 saturated carbocycles. The third-order valence-corrected chi connectivity index (χ3v) is 3.19. The Kier molecular flexibility index (Phi) is 2.25. The van der Waals surface area contributed by atoms with Gasteiger partial charge in [0, 0.05) is 6.20 Å². The van der Waals surface area contributed by atoms with Crippen LogP contribution in [0.25, 0.3) is 22.5 Å². The minimum Gasteiger partial charge on any atom is -0.368 e. The molecule has 0 spiro atoms. The maximum Gasteiger partial charge on any atom is 0.270 e. The second-order valence-electron chi connectivity index (χ2n) is 4.44. The summed E-state index contributed by atoms with van der Waals surface area (Å²) < 4.78 is 3.08. The summed E-state index contributed by atoms with van der Waals surface area (Å²) in [6, 6.07) is 9.21. The lowest BCUT2D eigenvalue weighted by Crippen LogP contribution is -2.22. The molecule has 0 aliphatic rings. The molecule has 0 atom stereocenters. The number of nitrogens with zero attached hydrogens (tertiary/aromatic N) is 6. The average molecular weight is 279 g/mol. The van der Waals surface area contributed by atoms with Gasteiger partial charge in [0.1, 0.15) is 11.7 Å². The van der Waals surface area contributed by atoms with Gasteiger partial charge in [0.2, 0.25) is 11.7 Å². The van der Waals surface area contributed by atoms with E-state index in [1.54, 1.807) is 4.40 Å². The van der Waals surface area contributed by atoms with Gasteiger partial charge in [0.05, 0.1) is 5.69 Å². The van der Waals surface area contributed by atoms with Crippen LogP contribution in [0.15, 0.2) is 47.7 Å². The summed E-state index contributed by atoms with van der Waals surface area (Å²) in [7, 11) is 0. The van der Waals surface area contributed by atoms with Crippen molar-refractivity contribution in [2.24, 2.45) is 0 Å². The van der Waals surface area contributed by atoms with Crippen LogP contribution in [0.5, 0.6) is 0 Å². The molecule has 0 fully saturated rings. The Balaban J connectivity index is 2.25. The Morgan fingerprint density at radius 3 is 2.76 bits per heavy atom. The quantitative estimate of drug-likeness (QED) is 0.541. The molecule has 21 heavy (non-hydrogen) atoms. The fourth-order valence-corrected chi connectivity index (χ4v) is 2.27. The van der Waals surface area contributed by atoms with Crippen molar-refractivity contribution in [3.63, 3.8) is 0 Å². The van der Waals surface area contributed by atoms with E-state index in [4.69, 9.17) is 5.73 Å². The molecular weight excluding hydrogens is 270 g/mol. The van der Waals surface area contributed by atoms with Crippen LogP contribution in [0, 0.1) is 0 Å². The molecule has 0 bridgehead atoms. The molecule has 2 N–H and O–H groups in total. The number of benzene rings is 1. The van der Waals surface area contributed by atoms with Crippen LogP contribution >= 0.6 is 0 Å². The van der Waals surface area contributed by atoms with E-state index < -0.39 is 0 Å². The van der Waals surface area contributed by atoms with Crippen molar-refractivity contribution < 1.29 is 0 Å². The van der Waals surface area contributed by atoms with Crippen LogP contribution in [0.3, 0.4) is 0 Å². The van der Waals surface area contributed by atoms with E-state index >= 15 is 0 Å². The highest BCUT2D eigenvalue weighted by molar-refractivity contribution is 5.77. The first-order valence-electron chi connectivity index (χ1n) is 6.18. The summed E-state index contributed by atoms with van der Waals surface area (Å²) in [6.45, 7) is 0. The summed E-state index contributed by atoms with van der Waals surface area (Å²) in [5.74, 6) is 0.464. The lowest BCUT2D eigenvalue weighted by Gasteiger charge is -2.09. The predicted octanol–water partition coefficient (Wildman–Crippen LogP) is 0.406. The number of rotatable bonds is 1. The molecule has 0 unspecified atom stereocenters. The number of hydrogen-bond donors (Lipinski definition) is 1. The van der Waals surface area contributed by atoms with Crippen LogP contribution in [-0.2, 0) is 0 Å². The third-order valence-electron chi connectivity index (χ3n) is 3.19. The first kappa shape index (κ1) is 11.5. The number of hydrogen-bond acceptors (Lipinski definition) is 6. The number of fused-ring (bicyclic) bond motifs is 3. The van der Waals surface area contributed by atoms with Crippen LogP contribution < -0.4 is 11.3 Å².